The Balaban J connectivity index is 2.58. The second-order valence-corrected chi connectivity index (χ2v) is 8.48. The van der Waals surface area contributed by atoms with E-state index in [1.807, 2.05) is 52.0 Å². The highest BCUT2D eigenvalue weighted by Gasteiger charge is 2.26. The van der Waals surface area contributed by atoms with Crippen LogP contribution in [0.2, 0.25) is 0 Å². The lowest BCUT2D eigenvalue weighted by Crippen LogP contribution is -2.27. The van der Waals surface area contributed by atoms with Crippen LogP contribution in [-0.2, 0) is 17.6 Å². The molecule has 0 N–H and O–H groups in total. The Morgan fingerprint density at radius 1 is 0.935 bits per heavy atom. The van der Waals surface area contributed by atoms with E-state index in [-0.39, 0.29) is 6.61 Å². The molecular weight excluding hydrogens is 388 g/mol. The monoisotopic (exact) mass is 422 g/mol. The molecule has 0 aliphatic carbocycles. The summed E-state index contributed by atoms with van der Waals surface area (Å²) in [6.07, 6.45) is 4.84. The van der Waals surface area contributed by atoms with E-state index in [2.05, 4.69) is 25.3 Å². The molecule has 0 amide bonds. The van der Waals surface area contributed by atoms with Gasteiger partial charge in [0.05, 0.1) is 6.61 Å². The van der Waals surface area contributed by atoms with Gasteiger partial charge in [-0.25, -0.2) is 4.79 Å². The van der Waals surface area contributed by atoms with E-state index in [9.17, 15) is 4.79 Å². The molecule has 2 aromatic carbocycles. The van der Waals surface area contributed by atoms with Crippen molar-refractivity contribution in [3.05, 3.63) is 84.5 Å². The van der Waals surface area contributed by atoms with Crippen LogP contribution in [0, 0.1) is 0 Å². The van der Waals surface area contributed by atoms with Crippen LogP contribution in [0.1, 0.15) is 56.1 Å². The zero-order chi connectivity index (χ0) is 23.1. The Hall–Kier alpha value is -3.01. The molecule has 0 radical (unpaired) electrons. The van der Waals surface area contributed by atoms with E-state index < -0.39 is 17.2 Å². The van der Waals surface area contributed by atoms with Gasteiger partial charge >= 0.3 is 5.97 Å². The van der Waals surface area contributed by atoms with Crippen LogP contribution in [0.4, 0.5) is 0 Å². The van der Waals surface area contributed by atoms with Gasteiger partial charge in [0.1, 0.15) is 28.3 Å². The zero-order valence-electron chi connectivity index (χ0n) is 19.4. The summed E-state index contributed by atoms with van der Waals surface area (Å²) < 4.78 is 17.7. The quantitative estimate of drug-likeness (QED) is 0.313. The zero-order valence-corrected chi connectivity index (χ0v) is 19.4. The first-order valence-corrected chi connectivity index (χ1v) is 10.6. The number of ether oxygens (including phenoxy) is 3. The van der Waals surface area contributed by atoms with Crippen molar-refractivity contribution in [3.8, 4) is 11.5 Å². The lowest BCUT2D eigenvalue weighted by atomic mass is 9.97. The highest BCUT2D eigenvalue weighted by Crippen LogP contribution is 2.35. The molecule has 0 saturated carbocycles. The van der Waals surface area contributed by atoms with Crippen LogP contribution in [-0.4, -0.2) is 23.8 Å². The van der Waals surface area contributed by atoms with Crippen LogP contribution < -0.4 is 9.47 Å². The van der Waals surface area contributed by atoms with Crippen LogP contribution in [0.3, 0.4) is 0 Å². The molecule has 0 fully saturated rings. The molecule has 4 heteroatoms. The van der Waals surface area contributed by atoms with Gasteiger partial charge in [-0.15, -0.1) is 0 Å². The molecule has 2 rings (SSSR count). The van der Waals surface area contributed by atoms with Crippen molar-refractivity contribution < 1.29 is 19.0 Å². The number of hydrogen-bond donors (Lipinski definition) is 0. The average Bonchev–Trinajstić information content (AvgIpc) is 2.72. The van der Waals surface area contributed by atoms with Gasteiger partial charge < -0.3 is 14.2 Å². The molecular formula is C27H34O4. The SMILES string of the molecule is C=CC(C)(C)Oc1cc(CCc2ccccc2)c(C(=O)OCC)c(OC(C)(C)C=C)c1. The third kappa shape index (κ3) is 7.02. The molecule has 0 saturated heterocycles. The van der Waals surface area contributed by atoms with Gasteiger partial charge in [0.15, 0.2) is 0 Å². The normalized spacial score (nSPS) is 11.5. The second-order valence-electron chi connectivity index (χ2n) is 8.48. The Morgan fingerprint density at radius 3 is 2.13 bits per heavy atom. The van der Waals surface area contributed by atoms with Crippen LogP contribution in [0.5, 0.6) is 11.5 Å². The summed E-state index contributed by atoms with van der Waals surface area (Å²) in [5, 5.41) is 0. The summed E-state index contributed by atoms with van der Waals surface area (Å²) in [4.78, 5) is 12.9. The fraction of sp³-hybridized carbons (Fsp3) is 0.370. The van der Waals surface area contributed by atoms with Gasteiger partial charge in [-0.2, -0.15) is 0 Å². The van der Waals surface area contributed by atoms with Crippen molar-refractivity contribution in [2.24, 2.45) is 0 Å². The number of rotatable bonds is 11. The molecule has 0 unspecified atom stereocenters. The van der Waals surface area contributed by atoms with Crippen molar-refractivity contribution >= 4 is 5.97 Å². The van der Waals surface area contributed by atoms with E-state index in [0.717, 1.165) is 12.0 Å². The molecule has 0 spiro atoms. The first kappa shape index (κ1) is 24.3. The van der Waals surface area contributed by atoms with Gasteiger partial charge in [-0.1, -0.05) is 43.5 Å². The Kier molecular flexibility index (Phi) is 8.09. The second kappa shape index (κ2) is 10.3. The van der Waals surface area contributed by atoms with Crippen molar-refractivity contribution in [2.45, 2.75) is 58.7 Å². The van der Waals surface area contributed by atoms with Crippen molar-refractivity contribution in [2.75, 3.05) is 6.61 Å². The van der Waals surface area contributed by atoms with Gasteiger partial charge in [0.25, 0.3) is 0 Å². The van der Waals surface area contributed by atoms with Crippen molar-refractivity contribution in [1.29, 1.82) is 0 Å². The van der Waals surface area contributed by atoms with E-state index in [0.29, 0.717) is 23.5 Å². The van der Waals surface area contributed by atoms with E-state index in [4.69, 9.17) is 14.2 Å². The molecule has 166 valence electrons. The molecule has 4 nitrogen and oxygen atoms in total. The lowest BCUT2D eigenvalue weighted by molar-refractivity contribution is 0.0514. The molecule has 0 heterocycles. The topological polar surface area (TPSA) is 44.8 Å². The lowest BCUT2D eigenvalue weighted by Gasteiger charge is -2.27. The summed E-state index contributed by atoms with van der Waals surface area (Å²) in [6, 6.07) is 13.8. The van der Waals surface area contributed by atoms with Crippen LogP contribution in [0.25, 0.3) is 0 Å². The predicted octanol–water partition coefficient (Wildman–Crippen LogP) is 6.34. The fourth-order valence-electron chi connectivity index (χ4n) is 3.01. The predicted molar refractivity (Wildman–Crippen MR) is 126 cm³/mol. The highest BCUT2D eigenvalue weighted by atomic mass is 16.5. The average molecular weight is 423 g/mol. The smallest absolute Gasteiger partial charge is 0.342 e. The van der Waals surface area contributed by atoms with E-state index in [1.54, 1.807) is 25.1 Å². The number of hydrogen-bond acceptors (Lipinski definition) is 4. The molecule has 31 heavy (non-hydrogen) atoms. The maximum Gasteiger partial charge on any atom is 0.342 e. The summed E-state index contributed by atoms with van der Waals surface area (Å²) >= 11 is 0. The minimum Gasteiger partial charge on any atom is -0.484 e. The standard InChI is InChI=1S/C27H34O4/c1-8-26(4,5)30-22-18-21(17-16-20-14-12-11-13-15-20)24(25(28)29-10-3)23(19-22)31-27(6,7)9-2/h8-9,11-15,18-19H,1-2,10,16-17H2,3-7H3. The first-order valence-electron chi connectivity index (χ1n) is 10.6. The summed E-state index contributed by atoms with van der Waals surface area (Å²) in [5.74, 6) is 0.620. The van der Waals surface area contributed by atoms with Gasteiger partial charge in [0, 0.05) is 6.07 Å². The molecule has 0 aliphatic heterocycles. The molecule has 0 aromatic heterocycles. The van der Waals surface area contributed by atoms with Crippen LogP contribution >= 0.6 is 0 Å². The highest BCUT2D eigenvalue weighted by molar-refractivity contribution is 5.94. The van der Waals surface area contributed by atoms with Gasteiger partial charge in [-0.3, -0.25) is 0 Å². The van der Waals surface area contributed by atoms with E-state index in [1.165, 1.54) is 5.56 Å². The Labute approximate surface area is 186 Å². The van der Waals surface area contributed by atoms with Crippen molar-refractivity contribution in [1.82, 2.24) is 0 Å². The number of carbonyl (C=O) groups excluding carboxylic acids is 1. The molecule has 0 aliphatic rings. The third-order valence-electron chi connectivity index (χ3n) is 4.90. The van der Waals surface area contributed by atoms with Crippen molar-refractivity contribution in [3.63, 3.8) is 0 Å². The molecule has 2 aromatic rings. The largest absolute Gasteiger partial charge is 0.484 e. The maximum atomic E-state index is 12.9. The Bertz CT molecular complexity index is 910. The van der Waals surface area contributed by atoms with Gasteiger partial charge in [-0.05, 0) is 76.8 Å². The first-order chi connectivity index (χ1) is 14.6. The molecule has 0 bridgehead atoms. The summed E-state index contributed by atoms with van der Waals surface area (Å²) in [5.41, 5.74) is 1.17. The minimum atomic E-state index is -0.676. The Morgan fingerprint density at radius 2 is 1.55 bits per heavy atom. The fourth-order valence-corrected chi connectivity index (χ4v) is 3.01. The minimum absolute atomic E-state index is 0.281. The number of esters is 1. The third-order valence-corrected chi connectivity index (χ3v) is 4.90. The molecule has 0 atom stereocenters. The number of aryl methyl sites for hydroxylation is 2. The maximum absolute atomic E-state index is 12.9. The summed E-state index contributed by atoms with van der Waals surface area (Å²) in [7, 11) is 0. The summed E-state index contributed by atoms with van der Waals surface area (Å²) in [6.45, 7) is 17.4. The number of carbonyl (C=O) groups is 1. The number of benzene rings is 2. The van der Waals surface area contributed by atoms with Gasteiger partial charge in [0.2, 0.25) is 0 Å². The van der Waals surface area contributed by atoms with E-state index >= 15 is 0 Å². The van der Waals surface area contributed by atoms with Crippen LogP contribution in [0.15, 0.2) is 67.8 Å².